The number of nitrogens with one attached hydrogen (secondary N) is 2. The average molecular weight is 554 g/mol. The number of rotatable bonds is 7. The van der Waals surface area contributed by atoms with Crippen molar-refractivity contribution < 1.29 is 28.0 Å². The lowest BCUT2D eigenvalue weighted by Crippen LogP contribution is -2.59. The SMILES string of the molecule is C[C@@H](NC(=O)[C@H]1CN([C@@H]2CCCC[C@@H]2O)CC[C@@H]1NC(=O)c1cc(-c2ccc(F)cc2F)on1)c1ccccn1. The number of pyridine rings is 1. The molecule has 2 amide bonds. The molecule has 5 atom stereocenters. The first kappa shape index (κ1) is 27.9. The van der Waals surface area contributed by atoms with E-state index >= 15 is 0 Å². The highest BCUT2D eigenvalue weighted by Crippen LogP contribution is 2.29. The topological polar surface area (TPSA) is 121 Å². The summed E-state index contributed by atoms with van der Waals surface area (Å²) >= 11 is 0. The number of aliphatic hydroxyl groups excluding tert-OH is 1. The van der Waals surface area contributed by atoms with E-state index in [2.05, 4.69) is 25.7 Å². The van der Waals surface area contributed by atoms with Gasteiger partial charge in [-0.25, -0.2) is 8.78 Å². The Morgan fingerprint density at radius 2 is 1.95 bits per heavy atom. The minimum Gasteiger partial charge on any atom is -0.391 e. The predicted octanol–water partition coefficient (Wildman–Crippen LogP) is 3.62. The van der Waals surface area contributed by atoms with Crippen LogP contribution in [0.4, 0.5) is 8.78 Å². The van der Waals surface area contributed by atoms with Gasteiger partial charge in [0.2, 0.25) is 5.91 Å². The van der Waals surface area contributed by atoms with Gasteiger partial charge < -0.3 is 20.3 Å². The molecule has 1 aromatic carbocycles. The van der Waals surface area contributed by atoms with Gasteiger partial charge in [0.1, 0.15) is 11.6 Å². The third-order valence-electron chi connectivity index (χ3n) is 7.89. The van der Waals surface area contributed by atoms with Gasteiger partial charge in [0.25, 0.3) is 5.91 Å². The van der Waals surface area contributed by atoms with Gasteiger partial charge in [-0.15, -0.1) is 0 Å². The average Bonchev–Trinajstić information content (AvgIpc) is 3.44. The Morgan fingerprint density at radius 1 is 1.12 bits per heavy atom. The lowest BCUT2D eigenvalue weighted by molar-refractivity contribution is -0.129. The van der Waals surface area contributed by atoms with Crippen molar-refractivity contribution in [2.75, 3.05) is 13.1 Å². The van der Waals surface area contributed by atoms with Crippen molar-refractivity contribution in [3.8, 4) is 11.3 Å². The second-order valence-electron chi connectivity index (χ2n) is 10.6. The first-order chi connectivity index (χ1) is 19.3. The zero-order chi connectivity index (χ0) is 28.2. The number of aromatic nitrogens is 2. The molecule has 40 heavy (non-hydrogen) atoms. The summed E-state index contributed by atoms with van der Waals surface area (Å²) in [5.41, 5.74) is 0.618. The largest absolute Gasteiger partial charge is 0.391 e. The molecular weight excluding hydrogens is 520 g/mol. The minimum absolute atomic E-state index is 0.0118. The van der Waals surface area contributed by atoms with Crippen LogP contribution in [0.15, 0.2) is 53.2 Å². The maximum absolute atomic E-state index is 14.2. The Labute approximate surface area is 231 Å². The molecular formula is C29H33F2N5O4. The lowest BCUT2D eigenvalue weighted by Gasteiger charge is -2.44. The second kappa shape index (κ2) is 12.2. The van der Waals surface area contributed by atoms with Crippen molar-refractivity contribution in [3.63, 3.8) is 0 Å². The van der Waals surface area contributed by atoms with Crippen molar-refractivity contribution >= 4 is 11.8 Å². The highest BCUT2D eigenvalue weighted by molar-refractivity contribution is 5.94. The van der Waals surface area contributed by atoms with Crippen molar-refractivity contribution in [3.05, 3.63) is 71.7 Å². The van der Waals surface area contributed by atoms with Crippen LogP contribution < -0.4 is 10.6 Å². The molecule has 0 unspecified atom stereocenters. The molecule has 9 nitrogen and oxygen atoms in total. The summed E-state index contributed by atoms with van der Waals surface area (Å²) in [6.45, 7) is 2.83. The monoisotopic (exact) mass is 553 g/mol. The summed E-state index contributed by atoms with van der Waals surface area (Å²) < 4.78 is 32.7. The summed E-state index contributed by atoms with van der Waals surface area (Å²) in [5.74, 6) is -2.97. The van der Waals surface area contributed by atoms with E-state index in [1.807, 2.05) is 19.1 Å². The van der Waals surface area contributed by atoms with E-state index in [0.29, 0.717) is 19.5 Å². The van der Waals surface area contributed by atoms with E-state index in [1.165, 1.54) is 12.1 Å². The third kappa shape index (κ3) is 6.20. The summed E-state index contributed by atoms with van der Waals surface area (Å²) in [6.07, 6.45) is 5.31. The van der Waals surface area contributed by atoms with Gasteiger partial charge in [-0.05, 0) is 50.5 Å². The number of aliphatic hydroxyl groups is 1. The van der Waals surface area contributed by atoms with Gasteiger partial charge in [0.05, 0.1) is 29.3 Å². The van der Waals surface area contributed by atoms with Crippen molar-refractivity contribution in [2.24, 2.45) is 5.92 Å². The molecule has 1 aliphatic carbocycles. The maximum Gasteiger partial charge on any atom is 0.273 e. The summed E-state index contributed by atoms with van der Waals surface area (Å²) in [6, 6.07) is 8.93. The Kier molecular flexibility index (Phi) is 8.51. The number of hydrogen-bond donors (Lipinski definition) is 3. The minimum atomic E-state index is -0.834. The van der Waals surface area contributed by atoms with Crippen LogP contribution in [0.2, 0.25) is 0 Å². The number of halogens is 2. The van der Waals surface area contributed by atoms with E-state index in [4.69, 9.17) is 4.52 Å². The molecule has 2 aromatic heterocycles. The van der Waals surface area contributed by atoms with Crippen LogP contribution in [0.3, 0.4) is 0 Å². The molecule has 2 fully saturated rings. The first-order valence-electron chi connectivity index (χ1n) is 13.7. The van der Waals surface area contributed by atoms with Crippen LogP contribution in [0.5, 0.6) is 0 Å². The van der Waals surface area contributed by atoms with Gasteiger partial charge in [0.15, 0.2) is 11.5 Å². The van der Waals surface area contributed by atoms with Gasteiger partial charge in [-0.1, -0.05) is 24.1 Å². The predicted molar refractivity (Wildman–Crippen MR) is 142 cm³/mol. The number of carbonyl (C=O) groups excluding carboxylic acids is 2. The third-order valence-corrected chi connectivity index (χ3v) is 7.89. The van der Waals surface area contributed by atoms with Crippen LogP contribution >= 0.6 is 0 Å². The second-order valence-corrected chi connectivity index (χ2v) is 10.6. The Morgan fingerprint density at radius 3 is 2.70 bits per heavy atom. The zero-order valence-electron chi connectivity index (χ0n) is 22.2. The Hall–Kier alpha value is -3.70. The molecule has 5 rings (SSSR count). The van der Waals surface area contributed by atoms with Crippen LogP contribution in [0, 0.1) is 17.6 Å². The normalized spacial score (nSPS) is 24.3. The molecule has 3 heterocycles. The Balaban J connectivity index is 1.32. The molecule has 212 valence electrons. The zero-order valence-corrected chi connectivity index (χ0v) is 22.2. The van der Waals surface area contributed by atoms with Gasteiger partial charge >= 0.3 is 0 Å². The maximum atomic E-state index is 14.2. The van der Waals surface area contributed by atoms with Gasteiger partial charge in [-0.3, -0.25) is 19.5 Å². The Bertz CT molecular complexity index is 1340. The van der Waals surface area contributed by atoms with E-state index in [1.54, 1.807) is 12.3 Å². The lowest BCUT2D eigenvalue weighted by atomic mass is 9.85. The van der Waals surface area contributed by atoms with E-state index in [0.717, 1.165) is 43.5 Å². The van der Waals surface area contributed by atoms with Crippen molar-refractivity contribution in [1.82, 2.24) is 25.7 Å². The highest BCUT2D eigenvalue weighted by Gasteiger charge is 2.40. The van der Waals surface area contributed by atoms with Crippen LogP contribution in [-0.4, -0.2) is 63.2 Å². The smallest absolute Gasteiger partial charge is 0.273 e. The van der Waals surface area contributed by atoms with Crippen LogP contribution in [0.25, 0.3) is 11.3 Å². The quantitative estimate of drug-likeness (QED) is 0.409. The standard InChI is InChI=1S/C29H33F2N5O4/c1-17(22-6-4-5-12-32-22)33-28(38)20-16-36(25-7-2-3-8-26(25)37)13-11-23(20)34-29(39)24-15-27(40-35-24)19-10-9-18(30)14-21(19)31/h4-6,9-10,12,14-15,17,20,23,25-26,37H,2-3,7-8,11,13,16H2,1H3,(H,33,38)(H,34,39)/t17-,20+,23+,25-,26+/m1/s1. The number of nitrogens with zero attached hydrogens (tertiary/aromatic N) is 3. The fourth-order valence-electron chi connectivity index (χ4n) is 5.70. The molecule has 11 heteroatoms. The number of likely N-dealkylation sites (tertiary alicyclic amines) is 1. The molecule has 0 radical (unpaired) electrons. The van der Waals surface area contributed by atoms with Gasteiger partial charge in [0, 0.05) is 43.5 Å². The molecule has 0 bridgehead atoms. The number of amides is 2. The van der Waals surface area contributed by atoms with E-state index in [-0.39, 0.29) is 35.0 Å². The molecule has 3 N–H and O–H groups in total. The fraction of sp³-hybridized carbons (Fsp3) is 0.448. The van der Waals surface area contributed by atoms with Crippen molar-refractivity contribution in [1.29, 1.82) is 0 Å². The molecule has 2 aliphatic rings. The van der Waals surface area contributed by atoms with E-state index < -0.39 is 35.6 Å². The van der Waals surface area contributed by atoms with Crippen molar-refractivity contribution in [2.45, 2.75) is 63.3 Å². The highest BCUT2D eigenvalue weighted by atomic mass is 19.1. The number of benzene rings is 1. The summed E-state index contributed by atoms with van der Waals surface area (Å²) in [7, 11) is 0. The van der Waals surface area contributed by atoms with Gasteiger partial charge in [-0.2, -0.15) is 0 Å². The molecule has 1 saturated carbocycles. The van der Waals surface area contributed by atoms with Crippen LogP contribution in [-0.2, 0) is 4.79 Å². The molecule has 1 aliphatic heterocycles. The molecule has 0 spiro atoms. The fourth-order valence-corrected chi connectivity index (χ4v) is 5.70. The van der Waals surface area contributed by atoms with Crippen LogP contribution in [0.1, 0.15) is 61.3 Å². The summed E-state index contributed by atoms with van der Waals surface area (Å²) in [4.78, 5) is 33.2. The number of piperidine rings is 1. The molecule has 1 saturated heterocycles. The summed E-state index contributed by atoms with van der Waals surface area (Å²) in [5, 5.41) is 20.4. The number of carbonyl (C=O) groups is 2. The van der Waals surface area contributed by atoms with E-state index in [9.17, 15) is 23.5 Å². The first-order valence-corrected chi connectivity index (χ1v) is 13.7. The number of hydrogen-bond acceptors (Lipinski definition) is 7. The molecule has 3 aromatic rings.